The molecule has 10 heteroatoms. The van der Waals surface area contributed by atoms with E-state index in [0.717, 1.165) is 35.1 Å². The van der Waals surface area contributed by atoms with Gasteiger partial charge in [-0.15, -0.1) is 0 Å². The molecule has 3 aliphatic rings. The predicted octanol–water partition coefficient (Wildman–Crippen LogP) is 7.85. The van der Waals surface area contributed by atoms with E-state index in [-0.39, 0.29) is 23.5 Å². The standard InChI is InChI=1S/C38H44Cl2N4O4/c1-6-47-32-24-27(37(2,3)4)13-18-30(32)34-41-38(5,26-11-16-29(40)17-12-26)33(25-9-14-28(39)15-10-25)44(34)36(46)43-21-19-42(20-22-43)35(45)31-8-7-23-48-31/h9-18,24,31,33H,6-8,19-23H2,1-5H3/t31?,33-,38-/m0/s1. The van der Waals surface area contributed by atoms with Crippen LogP contribution in [-0.2, 0) is 20.5 Å². The number of amides is 3. The van der Waals surface area contributed by atoms with Crippen molar-refractivity contribution in [2.24, 2.45) is 4.99 Å². The molecule has 8 nitrogen and oxygen atoms in total. The molecular weight excluding hydrogens is 647 g/mol. The van der Waals surface area contributed by atoms with E-state index < -0.39 is 11.6 Å². The van der Waals surface area contributed by atoms with Gasteiger partial charge in [0.15, 0.2) is 0 Å². The molecule has 2 fully saturated rings. The SMILES string of the molecule is CCOc1cc(C(C)(C)C)ccc1C1=N[C@@](C)(c2ccc(Cl)cc2)[C@H](c2ccc(Cl)cc2)N1C(=O)N1CCN(C(=O)C2CCCO2)CC1. The highest BCUT2D eigenvalue weighted by atomic mass is 35.5. The smallest absolute Gasteiger partial charge is 0.326 e. The Labute approximate surface area is 293 Å². The molecule has 2 saturated heterocycles. The Morgan fingerprint density at radius 2 is 1.56 bits per heavy atom. The molecule has 1 unspecified atom stereocenters. The number of aliphatic imine (C=N–C) groups is 1. The summed E-state index contributed by atoms with van der Waals surface area (Å²) >= 11 is 12.7. The van der Waals surface area contributed by atoms with E-state index in [0.29, 0.717) is 61.0 Å². The lowest BCUT2D eigenvalue weighted by Crippen LogP contribution is -2.56. The van der Waals surface area contributed by atoms with Gasteiger partial charge in [0.1, 0.15) is 23.2 Å². The normalized spacial score (nSPS) is 23.0. The minimum absolute atomic E-state index is 0.0117. The van der Waals surface area contributed by atoms with Crippen molar-refractivity contribution in [3.8, 4) is 5.75 Å². The summed E-state index contributed by atoms with van der Waals surface area (Å²) in [7, 11) is 0. The summed E-state index contributed by atoms with van der Waals surface area (Å²) < 4.78 is 11.9. The number of halogens is 2. The zero-order valence-electron chi connectivity index (χ0n) is 28.3. The first-order chi connectivity index (χ1) is 22.9. The van der Waals surface area contributed by atoms with Gasteiger partial charge in [-0.2, -0.15) is 0 Å². The number of hydrogen-bond acceptors (Lipinski definition) is 5. The van der Waals surface area contributed by atoms with Crippen LogP contribution in [0, 0.1) is 0 Å². The van der Waals surface area contributed by atoms with Gasteiger partial charge < -0.3 is 19.3 Å². The first kappa shape index (κ1) is 34.3. The molecule has 6 rings (SSSR count). The fourth-order valence-electron chi connectivity index (χ4n) is 6.92. The third kappa shape index (κ3) is 6.67. The number of piperazine rings is 1. The number of rotatable bonds is 6. The molecule has 48 heavy (non-hydrogen) atoms. The second kappa shape index (κ2) is 13.7. The summed E-state index contributed by atoms with van der Waals surface area (Å²) in [6, 6.07) is 20.7. The van der Waals surface area contributed by atoms with Gasteiger partial charge >= 0.3 is 6.03 Å². The van der Waals surface area contributed by atoms with Crippen LogP contribution in [0.25, 0.3) is 0 Å². The highest BCUT2D eigenvalue weighted by Gasteiger charge is 2.52. The lowest BCUT2D eigenvalue weighted by atomic mass is 9.81. The van der Waals surface area contributed by atoms with E-state index in [1.807, 2.05) is 76.2 Å². The molecule has 0 aromatic heterocycles. The van der Waals surface area contributed by atoms with Crippen LogP contribution in [0.5, 0.6) is 5.75 Å². The van der Waals surface area contributed by atoms with Crippen LogP contribution in [0.15, 0.2) is 71.7 Å². The van der Waals surface area contributed by atoms with Crippen molar-refractivity contribution in [3.05, 3.63) is 99.0 Å². The zero-order valence-corrected chi connectivity index (χ0v) is 29.9. The lowest BCUT2D eigenvalue weighted by molar-refractivity contribution is -0.142. The summed E-state index contributed by atoms with van der Waals surface area (Å²) in [4.78, 5) is 39.1. The van der Waals surface area contributed by atoms with Gasteiger partial charge in [0.2, 0.25) is 0 Å². The second-order valence-corrected chi connectivity index (χ2v) is 14.8. The molecule has 0 aliphatic carbocycles. The molecule has 3 heterocycles. The number of urea groups is 1. The van der Waals surface area contributed by atoms with E-state index in [9.17, 15) is 9.59 Å². The van der Waals surface area contributed by atoms with Crippen molar-refractivity contribution in [1.82, 2.24) is 14.7 Å². The van der Waals surface area contributed by atoms with Crippen molar-refractivity contribution in [1.29, 1.82) is 0 Å². The summed E-state index contributed by atoms with van der Waals surface area (Å²) in [5.74, 6) is 1.21. The number of amidine groups is 1. The summed E-state index contributed by atoms with van der Waals surface area (Å²) in [6.07, 6.45) is 1.26. The zero-order chi connectivity index (χ0) is 34.2. The third-order valence-electron chi connectivity index (χ3n) is 9.63. The van der Waals surface area contributed by atoms with Gasteiger partial charge in [0, 0.05) is 42.8 Å². The Kier molecular flexibility index (Phi) is 9.81. The Bertz CT molecular complexity index is 1670. The number of nitrogens with zero attached hydrogens (tertiary/aromatic N) is 4. The van der Waals surface area contributed by atoms with Gasteiger partial charge in [-0.3, -0.25) is 14.7 Å². The van der Waals surface area contributed by atoms with Crippen LogP contribution < -0.4 is 4.74 Å². The Balaban J connectivity index is 1.46. The fraction of sp³-hybridized carbons (Fsp3) is 0.447. The number of hydrogen-bond donors (Lipinski definition) is 0. The van der Waals surface area contributed by atoms with Crippen molar-refractivity contribution in [2.75, 3.05) is 39.4 Å². The molecule has 0 radical (unpaired) electrons. The molecular formula is C38H44Cl2N4O4. The summed E-state index contributed by atoms with van der Waals surface area (Å²) in [5.41, 5.74) is 2.65. The van der Waals surface area contributed by atoms with Gasteiger partial charge in [0.05, 0.1) is 18.2 Å². The van der Waals surface area contributed by atoms with Crippen LogP contribution in [0.1, 0.15) is 75.8 Å². The summed E-state index contributed by atoms with van der Waals surface area (Å²) in [6.45, 7) is 13.3. The Morgan fingerprint density at radius 3 is 2.15 bits per heavy atom. The molecule has 0 bridgehead atoms. The van der Waals surface area contributed by atoms with Gasteiger partial charge in [0.25, 0.3) is 5.91 Å². The van der Waals surface area contributed by atoms with Crippen molar-refractivity contribution in [2.45, 2.75) is 70.6 Å². The molecule has 3 aromatic carbocycles. The average molecular weight is 692 g/mol. The molecule has 0 saturated carbocycles. The summed E-state index contributed by atoms with van der Waals surface area (Å²) in [5, 5.41) is 1.22. The number of benzene rings is 3. The molecule has 0 spiro atoms. The number of carbonyl (C=O) groups excluding carboxylic acids is 2. The highest BCUT2D eigenvalue weighted by molar-refractivity contribution is 6.30. The fourth-order valence-corrected chi connectivity index (χ4v) is 7.18. The van der Waals surface area contributed by atoms with Crippen LogP contribution in [0.2, 0.25) is 10.0 Å². The van der Waals surface area contributed by atoms with Crippen molar-refractivity contribution in [3.63, 3.8) is 0 Å². The van der Waals surface area contributed by atoms with Crippen LogP contribution in [-0.4, -0.2) is 78.0 Å². The highest BCUT2D eigenvalue weighted by Crippen LogP contribution is 2.50. The van der Waals surface area contributed by atoms with Gasteiger partial charge in [-0.1, -0.05) is 74.3 Å². The maximum atomic E-state index is 15.0. The number of ether oxygens (including phenoxy) is 2. The quantitative estimate of drug-likeness (QED) is 0.264. The monoisotopic (exact) mass is 690 g/mol. The van der Waals surface area contributed by atoms with Gasteiger partial charge in [-0.05, 0) is 85.2 Å². The van der Waals surface area contributed by atoms with E-state index >= 15 is 0 Å². The van der Waals surface area contributed by atoms with Crippen LogP contribution in [0.4, 0.5) is 4.79 Å². The first-order valence-corrected chi connectivity index (χ1v) is 17.5. The van der Waals surface area contributed by atoms with E-state index in [1.165, 1.54) is 0 Å². The lowest BCUT2D eigenvalue weighted by Gasteiger charge is -2.41. The van der Waals surface area contributed by atoms with Crippen molar-refractivity contribution >= 4 is 41.0 Å². The van der Waals surface area contributed by atoms with Crippen LogP contribution in [0.3, 0.4) is 0 Å². The minimum Gasteiger partial charge on any atom is -0.493 e. The third-order valence-corrected chi connectivity index (χ3v) is 10.1. The van der Waals surface area contributed by atoms with E-state index in [1.54, 1.807) is 0 Å². The largest absolute Gasteiger partial charge is 0.493 e. The van der Waals surface area contributed by atoms with Crippen molar-refractivity contribution < 1.29 is 19.1 Å². The van der Waals surface area contributed by atoms with Crippen LogP contribution >= 0.6 is 23.2 Å². The second-order valence-electron chi connectivity index (χ2n) is 13.9. The minimum atomic E-state index is -0.896. The Morgan fingerprint density at radius 1 is 0.938 bits per heavy atom. The number of carbonyl (C=O) groups is 2. The first-order valence-electron chi connectivity index (χ1n) is 16.8. The maximum Gasteiger partial charge on any atom is 0.326 e. The molecule has 3 amide bonds. The topological polar surface area (TPSA) is 74.7 Å². The molecule has 3 aromatic rings. The predicted molar refractivity (Wildman–Crippen MR) is 190 cm³/mol. The molecule has 3 aliphatic heterocycles. The van der Waals surface area contributed by atoms with Gasteiger partial charge in [-0.25, -0.2) is 4.79 Å². The molecule has 0 N–H and O–H groups in total. The molecule has 3 atom stereocenters. The average Bonchev–Trinajstić information content (AvgIpc) is 3.72. The maximum absolute atomic E-state index is 15.0. The molecule has 254 valence electrons. The van der Waals surface area contributed by atoms with E-state index in [4.69, 9.17) is 37.7 Å². The van der Waals surface area contributed by atoms with E-state index in [2.05, 4.69) is 39.8 Å². The Hall–Kier alpha value is -3.59.